The van der Waals surface area contributed by atoms with Crippen molar-refractivity contribution in [1.29, 1.82) is 0 Å². The molecule has 0 unspecified atom stereocenters. The van der Waals surface area contributed by atoms with Crippen LogP contribution in [0.15, 0.2) is 18.2 Å². The molecule has 0 N–H and O–H groups in total. The molecule has 0 radical (unpaired) electrons. The van der Waals surface area contributed by atoms with Crippen molar-refractivity contribution in [3.05, 3.63) is 23.8 Å². The molecular weight excluding hydrogens is 222 g/mol. The second-order valence-corrected chi connectivity index (χ2v) is 5.11. The molecule has 1 aromatic carbocycles. The van der Waals surface area contributed by atoms with Gasteiger partial charge in [-0.2, -0.15) is 0 Å². The summed E-state index contributed by atoms with van der Waals surface area (Å²) in [5, 5.41) is 0. The van der Waals surface area contributed by atoms with Gasteiger partial charge < -0.3 is 9.64 Å². The van der Waals surface area contributed by atoms with E-state index in [4.69, 9.17) is 4.74 Å². The van der Waals surface area contributed by atoms with E-state index in [2.05, 4.69) is 43.9 Å². The van der Waals surface area contributed by atoms with Gasteiger partial charge in [-0.1, -0.05) is 19.9 Å². The van der Waals surface area contributed by atoms with Gasteiger partial charge in [0, 0.05) is 30.3 Å². The Morgan fingerprint density at radius 1 is 1.17 bits per heavy atom. The fourth-order valence-corrected chi connectivity index (χ4v) is 3.15. The summed E-state index contributed by atoms with van der Waals surface area (Å²) in [6.45, 7) is 11.8. The molecule has 2 heteroatoms. The van der Waals surface area contributed by atoms with Gasteiger partial charge in [0.05, 0.1) is 6.61 Å². The average molecular weight is 247 g/mol. The lowest BCUT2D eigenvalue weighted by atomic mass is 9.77. The largest absolute Gasteiger partial charge is 0.494 e. The maximum Gasteiger partial charge on any atom is 0.121 e. The van der Waals surface area contributed by atoms with Crippen molar-refractivity contribution in [3.63, 3.8) is 0 Å². The Hall–Kier alpha value is -1.18. The number of fused-ring (bicyclic) bond motifs is 1. The van der Waals surface area contributed by atoms with E-state index in [9.17, 15) is 0 Å². The van der Waals surface area contributed by atoms with Crippen LogP contribution in [0.2, 0.25) is 0 Å². The summed E-state index contributed by atoms with van der Waals surface area (Å²) in [6, 6.07) is 6.62. The molecule has 1 aliphatic heterocycles. The first-order valence-corrected chi connectivity index (χ1v) is 7.23. The second kappa shape index (κ2) is 5.21. The van der Waals surface area contributed by atoms with Crippen LogP contribution < -0.4 is 9.64 Å². The highest BCUT2D eigenvalue weighted by molar-refractivity contribution is 5.65. The number of anilines is 1. The molecule has 0 bridgehead atoms. The molecule has 0 fully saturated rings. The lowest BCUT2D eigenvalue weighted by Gasteiger charge is -2.27. The summed E-state index contributed by atoms with van der Waals surface area (Å²) in [6.07, 6.45) is 2.42. The minimum atomic E-state index is 0.343. The summed E-state index contributed by atoms with van der Waals surface area (Å²) in [5.74, 6) is 0.998. The third-order valence-corrected chi connectivity index (χ3v) is 4.42. The normalized spacial score (nSPS) is 16.8. The van der Waals surface area contributed by atoms with Crippen LogP contribution in [0.1, 0.15) is 46.1 Å². The highest BCUT2D eigenvalue weighted by Gasteiger charge is 2.39. The van der Waals surface area contributed by atoms with Gasteiger partial charge in [-0.3, -0.25) is 0 Å². The van der Waals surface area contributed by atoms with Gasteiger partial charge in [-0.25, -0.2) is 0 Å². The fraction of sp³-hybridized carbons (Fsp3) is 0.625. The van der Waals surface area contributed by atoms with Gasteiger partial charge in [0.25, 0.3) is 0 Å². The smallest absolute Gasteiger partial charge is 0.121 e. The molecule has 0 saturated heterocycles. The molecule has 0 amide bonds. The molecule has 0 spiro atoms. The van der Waals surface area contributed by atoms with Gasteiger partial charge in [0.1, 0.15) is 5.75 Å². The zero-order valence-electron chi connectivity index (χ0n) is 12.1. The first-order chi connectivity index (χ1) is 8.70. The van der Waals surface area contributed by atoms with Crippen molar-refractivity contribution < 1.29 is 4.74 Å². The summed E-state index contributed by atoms with van der Waals surface area (Å²) in [4.78, 5) is 2.49. The van der Waals surface area contributed by atoms with E-state index < -0.39 is 0 Å². The molecule has 1 heterocycles. The highest BCUT2D eigenvalue weighted by atomic mass is 16.5. The summed E-state index contributed by atoms with van der Waals surface area (Å²) < 4.78 is 5.63. The van der Waals surface area contributed by atoms with Crippen LogP contribution >= 0.6 is 0 Å². The summed E-state index contributed by atoms with van der Waals surface area (Å²) in [7, 11) is 0. The Morgan fingerprint density at radius 3 is 2.44 bits per heavy atom. The number of likely N-dealkylation sites (N-methyl/N-ethyl adjacent to an activating group) is 1. The fourth-order valence-electron chi connectivity index (χ4n) is 3.15. The van der Waals surface area contributed by atoms with Crippen molar-refractivity contribution in [1.82, 2.24) is 0 Å². The average Bonchev–Trinajstić information content (AvgIpc) is 2.73. The van der Waals surface area contributed by atoms with Crippen molar-refractivity contribution in [2.75, 3.05) is 24.6 Å². The Labute approximate surface area is 111 Å². The molecule has 100 valence electrons. The zero-order chi connectivity index (χ0) is 13.2. The van der Waals surface area contributed by atoms with E-state index in [1.807, 2.05) is 6.92 Å². The predicted molar refractivity (Wildman–Crippen MR) is 77.8 cm³/mol. The second-order valence-electron chi connectivity index (χ2n) is 5.11. The third-order valence-electron chi connectivity index (χ3n) is 4.42. The molecule has 2 nitrogen and oxygen atoms in total. The maximum atomic E-state index is 5.63. The van der Waals surface area contributed by atoms with Gasteiger partial charge >= 0.3 is 0 Å². The number of hydrogen-bond donors (Lipinski definition) is 0. The molecule has 0 atom stereocenters. The van der Waals surface area contributed by atoms with Crippen LogP contribution in [-0.2, 0) is 5.41 Å². The van der Waals surface area contributed by atoms with E-state index >= 15 is 0 Å². The topological polar surface area (TPSA) is 12.5 Å². The number of hydrogen-bond acceptors (Lipinski definition) is 2. The van der Waals surface area contributed by atoms with E-state index in [1.165, 1.54) is 24.1 Å². The summed E-state index contributed by atoms with van der Waals surface area (Å²) in [5.41, 5.74) is 3.24. The first kappa shape index (κ1) is 13.3. The van der Waals surface area contributed by atoms with Gasteiger partial charge in [-0.05, 0) is 38.3 Å². The van der Waals surface area contributed by atoms with Crippen molar-refractivity contribution >= 4 is 5.69 Å². The van der Waals surface area contributed by atoms with Crippen LogP contribution in [0.25, 0.3) is 0 Å². The minimum Gasteiger partial charge on any atom is -0.494 e. The van der Waals surface area contributed by atoms with Crippen molar-refractivity contribution in [2.24, 2.45) is 0 Å². The van der Waals surface area contributed by atoms with Gasteiger partial charge in [0.15, 0.2) is 0 Å². The minimum absolute atomic E-state index is 0.343. The lowest BCUT2D eigenvalue weighted by Crippen LogP contribution is -2.32. The van der Waals surface area contributed by atoms with Crippen LogP contribution in [0.3, 0.4) is 0 Å². The van der Waals surface area contributed by atoms with E-state index in [-0.39, 0.29) is 0 Å². The quantitative estimate of drug-likeness (QED) is 0.780. The number of nitrogens with zero attached hydrogens (tertiary/aromatic N) is 1. The third kappa shape index (κ3) is 1.98. The predicted octanol–water partition coefficient (Wildman–Crippen LogP) is 3.98. The molecule has 2 rings (SSSR count). The van der Waals surface area contributed by atoms with E-state index in [0.717, 1.165) is 25.4 Å². The molecule has 0 saturated carbocycles. The Kier molecular flexibility index (Phi) is 3.84. The molecule has 0 aromatic heterocycles. The number of benzene rings is 1. The van der Waals surface area contributed by atoms with E-state index in [1.54, 1.807) is 0 Å². The zero-order valence-corrected chi connectivity index (χ0v) is 12.1. The number of rotatable bonds is 5. The first-order valence-electron chi connectivity index (χ1n) is 7.23. The van der Waals surface area contributed by atoms with Crippen molar-refractivity contribution in [2.45, 2.75) is 46.0 Å². The Balaban J connectivity index is 2.44. The maximum absolute atomic E-state index is 5.63. The Morgan fingerprint density at radius 2 is 1.89 bits per heavy atom. The monoisotopic (exact) mass is 247 g/mol. The van der Waals surface area contributed by atoms with Crippen molar-refractivity contribution in [3.8, 4) is 5.75 Å². The molecule has 1 aromatic rings. The van der Waals surface area contributed by atoms with Gasteiger partial charge in [-0.15, -0.1) is 0 Å². The summed E-state index contributed by atoms with van der Waals surface area (Å²) >= 11 is 0. The lowest BCUT2D eigenvalue weighted by molar-refractivity contribution is 0.340. The molecule has 0 aliphatic carbocycles. The standard InChI is InChI=1S/C16H25NO/c1-5-16(6-2)12-17(7-3)15-11-13(18-8-4)9-10-14(15)16/h9-11H,5-8,12H2,1-4H3. The molecule has 18 heavy (non-hydrogen) atoms. The van der Waals surface area contributed by atoms with E-state index in [0.29, 0.717) is 5.41 Å². The molecular formula is C16H25NO. The highest BCUT2D eigenvalue weighted by Crippen LogP contribution is 2.46. The Bertz CT molecular complexity index is 410. The van der Waals surface area contributed by atoms with Crippen LogP contribution in [0.5, 0.6) is 5.75 Å². The van der Waals surface area contributed by atoms with Gasteiger partial charge in [0.2, 0.25) is 0 Å². The van der Waals surface area contributed by atoms with Crippen LogP contribution in [0.4, 0.5) is 5.69 Å². The number of ether oxygens (including phenoxy) is 1. The van der Waals surface area contributed by atoms with Crippen LogP contribution in [-0.4, -0.2) is 19.7 Å². The molecule has 1 aliphatic rings. The SMILES string of the molecule is CCOc1ccc2c(c1)N(CC)CC2(CC)CC. The van der Waals surface area contributed by atoms with Crippen LogP contribution in [0, 0.1) is 0 Å².